The number of nitrogens with one attached hydrogen (secondary N) is 2. The van der Waals surface area contributed by atoms with Crippen LogP contribution in [0.1, 0.15) is 28.6 Å². The highest BCUT2D eigenvalue weighted by atomic mass is 35.5. The van der Waals surface area contributed by atoms with Gasteiger partial charge in [0.15, 0.2) is 5.03 Å². The van der Waals surface area contributed by atoms with Crippen molar-refractivity contribution in [1.82, 2.24) is 39.2 Å². The van der Waals surface area contributed by atoms with E-state index >= 15 is 0 Å². The number of piperidine rings is 1. The Hall–Kier alpha value is -3.83. The number of rotatable bonds is 8. The van der Waals surface area contributed by atoms with Gasteiger partial charge in [-0.05, 0) is 43.1 Å². The molecule has 4 heterocycles. The first-order valence-corrected chi connectivity index (χ1v) is 14.3. The Labute approximate surface area is 241 Å². The summed E-state index contributed by atoms with van der Waals surface area (Å²) in [7, 11) is -2.02. The molecule has 3 aromatic heterocycles. The van der Waals surface area contributed by atoms with Gasteiger partial charge in [-0.25, -0.2) is 23.1 Å². The molecule has 4 aromatic rings. The van der Waals surface area contributed by atoms with Crippen LogP contribution in [0.3, 0.4) is 0 Å². The van der Waals surface area contributed by atoms with Gasteiger partial charge < -0.3 is 10.6 Å². The van der Waals surface area contributed by atoms with Crippen LogP contribution < -0.4 is 10.6 Å². The summed E-state index contributed by atoms with van der Waals surface area (Å²) in [6, 6.07) is 8.65. The zero-order valence-corrected chi connectivity index (χ0v) is 23.4. The largest absolute Gasteiger partial charge is 0.351 e. The molecule has 2 atom stereocenters. The minimum absolute atomic E-state index is 0.0250. The van der Waals surface area contributed by atoms with Crippen LogP contribution >= 0.6 is 11.6 Å². The fourth-order valence-electron chi connectivity index (χ4n) is 4.65. The van der Waals surface area contributed by atoms with Crippen molar-refractivity contribution in [3.8, 4) is 23.0 Å². The molecule has 208 valence electrons. The number of sulfonamides is 1. The van der Waals surface area contributed by atoms with Crippen molar-refractivity contribution in [2.75, 3.05) is 25.4 Å². The van der Waals surface area contributed by atoms with E-state index in [1.54, 1.807) is 48.5 Å². The molecule has 0 spiro atoms. The average Bonchev–Trinajstić information content (AvgIpc) is 3.62. The number of hydrogen-bond donors (Lipinski definition) is 2. The van der Waals surface area contributed by atoms with Crippen LogP contribution in [0.4, 0.5) is 5.95 Å². The summed E-state index contributed by atoms with van der Waals surface area (Å²) in [5.74, 6) is 0.251. The van der Waals surface area contributed by atoms with Crippen LogP contribution in [-0.2, 0) is 23.6 Å². The fraction of sp³-hybridized carbons (Fsp3) is 0.346. The van der Waals surface area contributed by atoms with E-state index in [2.05, 4.69) is 36.9 Å². The summed E-state index contributed by atoms with van der Waals surface area (Å²) in [5.41, 5.74) is 2.47. The van der Waals surface area contributed by atoms with Crippen LogP contribution in [0.2, 0.25) is 5.02 Å². The van der Waals surface area contributed by atoms with Crippen LogP contribution in [0, 0.1) is 17.2 Å². The SMILES string of the molecule is [2H]C([2H])([2H])NCc1ccc(-n2cc(-c3nc(N[C@H]4CCN(S(=O)(=O)c5ccn(C)n5)C[C@H]4C)ncc3C#N)cn2)c(Cl)c1. The summed E-state index contributed by atoms with van der Waals surface area (Å²) in [4.78, 5) is 8.94. The van der Waals surface area contributed by atoms with Crippen LogP contribution in [-0.4, -0.2) is 68.4 Å². The molecule has 40 heavy (non-hydrogen) atoms. The van der Waals surface area contributed by atoms with E-state index in [9.17, 15) is 13.7 Å². The van der Waals surface area contributed by atoms with Gasteiger partial charge in [0.2, 0.25) is 5.95 Å². The average molecular weight is 584 g/mol. The minimum Gasteiger partial charge on any atom is -0.351 e. The summed E-state index contributed by atoms with van der Waals surface area (Å²) in [6.45, 7) is 0.435. The highest BCUT2D eigenvalue weighted by molar-refractivity contribution is 7.89. The number of aromatic nitrogens is 6. The van der Waals surface area contributed by atoms with Crippen molar-refractivity contribution in [2.24, 2.45) is 13.0 Å². The Bertz CT molecular complexity index is 1780. The standard InChI is InChI=1S/C26H29ClN10O2S/c1-17-15-36(40(38,39)24-7-8-35(3)34-24)9-6-22(17)32-26-30-13-19(11-28)25(33-26)20-14-31-37(16-20)23-5-4-18(12-29-2)10-21(23)27/h4-5,7-8,10,13-14,16-17,22,29H,6,9,12,15H2,1-3H3,(H,30,32,33)/t17-,22+/m1/s1/i2D3. The van der Waals surface area contributed by atoms with Gasteiger partial charge in [0.1, 0.15) is 6.07 Å². The number of halogens is 1. The third-order valence-electron chi connectivity index (χ3n) is 6.79. The molecule has 1 aromatic carbocycles. The van der Waals surface area contributed by atoms with Gasteiger partial charge in [0.05, 0.1) is 34.4 Å². The van der Waals surface area contributed by atoms with E-state index in [4.69, 9.17) is 15.7 Å². The van der Waals surface area contributed by atoms with Gasteiger partial charge in [-0.3, -0.25) is 4.68 Å². The van der Waals surface area contributed by atoms with Crippen LogP contribution in [0.5, 0.6) is 0 Å². The monoisotopic (exact) mass is 583 g/mol. The topological polar surface area (TPSA) is 147 Å². The van der Waals surface area contributed by atoms with Gasteiger partial charge in [0.25, 0.3) is 10.0 Å². The predicted molar refractivity (Wildman–Crippen MR) is 150 cm³/mol. The molecule has 0 radical (unpaired) electrons. The van der Waals surface area contributed by atoms with E-state index in [1.807, 2.05) is 6.92 Å². The second-order valence-electron chi connectivity index (χ2n) is 9.59. The molecule has 5 rings (SSSR count). The number of anilines is 1. The summed E-state index contributed by atoms with van der Waals surface area (Å²) < 4.78 is 52.4. The molecule has 1 fully saturated rings. The predicted octanol–water partition coefficient (Wildman–Crippen LogP) is 2.82. The zero-order valence-electron chi connectivity index (χ0n) is 24.8. The second kappa shape index (κ2) is 11.3. The van der Waals surface area contributed by atoms with Crippen molar-refractivity contribution in [3.05, 3.63) is 65.2 Å². The normalized spacial score (nSPS) is 19.4. The molecule has 1 aliphatic rings. The molecule has 0 amide bonds. The molecule has 0 bridgehead atoms. The van der Waals surface area contributed by atoms with E-state index in [-0.39, 0.29) is 29.1 Å². The van der Waals surface area contributed by atoms with Gasteiger partial charge in [-0.1, -0.05) is 24.6 Å². The van der Waals surface area contributed by atoms with Crippen molar-refractivity contribution < 1.29 is 12.5 Å². The number of aryl methyl sites for hydroxylation is 1. The van der Waals surface area contributed by atoms with Crippen LogP contribution in [0.15, 0.2) is 54.1 Å². The fourth-order valence-corrected chi connectivity index (χ4v) is 6.44. The Balaban J connectivity index is 1.31. The van der Waals surface area contributed by atoms with E-state index in [0.717, 1.165) is 0 Å². The first-order chi connectivity index (χ1) is 20.3. The lowest BCUT2D eigenvalue weighted by molar-refractivity contribution is 0.260. The van der Waals surface area contributed by atoms with Crippen molar-refractivity contribution in [2.45, 2.75) is 31.0 Å². The molecular formula is C26H29ClN10O2S. The maximum atomic E-state index is 13.0. The van der Waals surface area contributed by atoms with Gasteiger partial charge in [-0.15, -0.1) is 0 Å². The van der Waals surface area contributed by atoms with E-state index in [1.165, 1.54) is 21.3 Å². The molecule has 1 aliphatic heterocycles. The Morgan fingerprint density at radius 1 is 1.30 bits per heavy atom. The molecule has 0 aliphatic carbocycles. The van der Waals surface area contributed by atoms with Gasteiger partial charge >= 0.3 is 0 Å². The number of hydrogen-bond acceptors (Lipinski definition) is 9. The van der Waals surface area contributed by atoms with Crippen LogP contribution in [0.25, 0.3) is 16.9 Å². The summed E-state index contributed by atoms with van der Waals surface area (Å²) in [5, 5.41) is 24.3. The van der Waals surface area contributed by atoms with E-state index in [0.29, 0.717) is 53.0 Å². The smallest absolute Gasteiger partial charge is 0.262 e. The summed E-state index contributed by atoms with van der Waals surface area (Å²) in [6.07, 6.45) is 6.82. The number of nitriles is 1. The number of benzene rings is 1. The molecular weight excluding hydrogens is 552 g/mol. The quantitative estimate of drug-likeness (QED) is 0.319. The number of nitrogens with zero attached hydrogens (tertiary/aromatic N) is 8. The second-order valence-corrected chi connectivity index (χ2v) is 11.9. The molecule has 14 heteroatoms. The van der Waals surface area contributed by atoms with Gasteiger partial charge in [0, 0.05) is 54.8 Å². The highest BCUT2D eigenvalue weighted by Crippen LogP contribution is 2.28. The first-order valence-electron chi connectivity index (χ1n) is 14.0. The van der Waals surface area contributed by atoms with Crippen molar-refractivity contribution in [1.29, 1.82) is 5.26 Å². The lowest BCUT2D eigenvalue weighted by Crippen LogP contribution is -2.47. The Kier molecular flexibility index (Phi) is 6.81. The molecule has 0 unspecified atom stereocenters. The van der Waals surface area contributed by atoms with Crippen molar-refractivity contribution >= 4 is 27.6 Å². The highest BCUT2D eigenvalue weighted by Gasteiger charge is 2.35. The molecule has 2 N–H and O–H groups in total. The third kappa shape index (κ3) is 5.57. The minimum atomic E-state index is -3.70. The molecule has 12 nitrogen and oxygen atoms in total. The third-order valence-corrected chi connectivity index (χ3v) is 8.85. The maximum absolute atomic E-state index is 13.0. The lowest BCUT2D eigenvalue weighted by Gasteiger charge is -2.36. The zero-order chi connectivity index (χ0) is 30.9. The maximum Gasteiger partial charge on any atom is 0.262 e. The molecule has 1 saturated heterocycles. The van der Waals surface area contributed by atoms with E-state index < -0.39 is 17.0 Å². The Morgan fingerprint density at radius 2 is 2.15 bits per heavy atom. The molecule has 0 saturated carbocycles. The van der Waals surface area contributed by atoms with Crippen molar-refractivity contribution in [3.63, 3.8) is 0 Å². The lowest BCUT2D eigenvalue weighted by atomic mass is 9.95. The Morgan fingerprint density at radius 3 is 2.85 bits per heavy atom. The van der Waals surface area contributed by atoms with Gasteiger partial charge in [-0.2, -0.15) is 19.8 Å². The summed E-state index contributed by atoms with van der Waals surface area (Å²) >= 11 is 6.49. The first kappa shape index (κ1) is 24.0.